The topological polar surface area (TPSA) is 180 Å². The molecule has 11 nitrogen and oxygen atoms in total. The highest BCUT2D eigenvalue weighted by Gasteiger charge is 2.56. The van der Waals surface area contributed by atoms with Crippen LogP contribution in [0, 0.1) is 53.3 Å². The van der Waals surface area contributed by atoms with Crippen molar-refractivity contribution < 1.29 is 54.1 Å². The Bertz CT molecular complexity index is 1410. The molecule has 0 aromatic rings. The van der Waals surface area contributed by atoms with Crippen molar-refractivity contribution in [3.63, 3.8) is 0 Å². The summed E-state index contributed by atoms with van der Waals surface area (Å²) in [6, 6.07) is 0. The minimum atomic E-state index is -2.18. The van der Waals surface area contributed by atoms with Crippen LogP contribution in [0.15, 0.2) is 36.5 Å². The predicted octanol–water partition coefficient (Wildman–Crippen LogP) is 6.27. The fourth-order valence-corrected chi connectivity index (χ4v) is 9.11. The summed E-state index contributed by atoms with van der Waals surface area (Å²) in [5, 5.41) is 55.4. The van der Waals surface area contributed by atoms with Crippen molar-refractivity contribution in [3.05, 3.63) is 36.5 Å². The van der Waals surface area contributed by atoms with E-state index in [1.54, 1.807) is 13.8 Å². The van der Waals surface area contributed by atoms with Crippen molar-refractivity contribution in [3.8, 4) is 0 Å². The zero-order chi connectivity index (χ0) is 43.0. The molecule has 0 amide bonds. The predicted molar refractivity (Wildman–Crippen MR) is 220 cm³/mol. The lowest BCUT2D eigenvalue weighted by Crippen LogP contribution is -2.62. The van der Waals surface area contributed by atoms with Gasteiger partial charge in [0.15, 0.2) is 11.6 Å². The second kappa shape index (κ2) is 21.3. The zero-order valence-electron chi connectivity index (χ0n) is 36.5. The average Bonchev–Trinajstić information content (AvgIpc) is 3.19. The number of Topliss-reactive ketones (excluding diaryl/α,β-unsaturated/α-hetero) is 2. The number of ketones is 2. The third-order valence-corrected chi connectivity index (χ3v) is 13.8. The van der Waals surface area contributed by atoms with Gasteiger partial charge in [-0.2, -0.15) is 0 Å². The van der Waals surface area contributed by atoms with Gasteiger partial charge in [0, 0.05) is 48.0 Å². The highest BCUT2D eigenvalue weighted by atomic mass is 16.7. The number of aliphatic hydroxyl groups is 5. The van der Waals surface area contributed by atoms with Crippen molar-refractivity contribution in [2.75, 3.05) is 0 Å². The Hall–Kier alpha value is -2.25. The van der Waals surface area contributed by atoms with Gasteiger partial charge in [0.25, 0.3) is 0 Å². The van der Waals surface area contributed by atoms with Crippen molar-refractivity contribution in [2.45, 2.75) is 182 Å². The first kappa shape index (κ1) is 49.1. The van der Waals surface area contributed by atoms with Crippen molar-refractivity contribution >= 4 is 17.5 Å². The third kappa shape index (κ3) is 12.0. The molecule has 326 valence electrons. The summed E-state index contributed by atoms with van der Waals surface area (Å²) in [5.41, 5.74) is -2.18. The van der Waals surface area contributed by atoms with Crippen molar-refractivity contribution in [1.29, 1.82) is 0 Å². The molecule has 2 bridgehead atoms. The highest BCUT2D eigenvalue weighted by molar-refractivity contribution is 5.91. The van der Waals surface area contributed by atoms with Gasteiger partial charge in [-0.1, -0.05) is 99.6 Å². The number of aliphatic hydroxyl groups excluding tert-OH is 4. The van der Waals surface area contributed by atoms with E-state index in [1.165, 1.54) is 39.8 Å². The summed E-state index contributed by atoms with van der Waals surface area (Å²) in [4.78, 5) is 40.6. The molecule has 3 aliphatic heterocycles. The van der Waals surface area contributed by atoms with Crippen LogP contribution in [0.4, 0.5) is 0 Å². The Kier molecular flexibility index (Phi) is 18.4. The van der Waals surface area contributed by atoms with Crippen LogP contribution >= 0.6 is 0 Å². The molecule has 0 radical (unpaired) electrons. The first-order valence-electron chi connectivity index (χ1n) is 21.7. The maximum absolute atomic E-state index is 13.6. The number of allylic oxidation sites excluding steroid dienone is 4. The van der Waals surface area contributed by atoms with Gasteiger partial charge in [0.2, 0.25) is 0 Å². The number of hydrogen-bond acceptors (Lipinski definition) is 11. The van der Waals surface area contributed by atoms with Crippen molar-refractivity contribution in [2.24, 2.45) is 53.3 Å². The van der Waals surface area contributed by atoms with E-state index in [9.17, 15) is 39.9 Å². The zero-order valence-corrected chi connectivity index (χ0v) is 36.5. The molecule has 3 aliphatic rings. The van der Waals surface area contributed by atoms with Gasteiger partial charge in [-0.25, -0.2) is 4.79 Å². The Morgan fingerprint density at radius 3 is 2.11 bits per heavy atom. The van der Waals surface area contributed by atoms with Crippen LogP contribution in [0.3, 0.4) is 0 Å². The van der Waals surface area contributed by atoms with E-state index >= 15 is 0 Å². The minimum absolute atomic E-state index is 0.168. The lowest BCUT2D eigenvalue weighted by molar-refractivity contribution is -0.371. The first-order valence-corrected chi connectivity index (χ1v) is 21.7. The second-order valence-electron chi connectivity index (χ2n) is 18.2. The standard InChI is InChI=1S/C46H76O11/c1-12-34-18-16-14-15-17-28(5)43(52)45(11,54)44(53)32(9)41(51)31(8)40(50)30(7)39(49)27(4)19-22-38(48)55-42-29(6)36(21-20-34)56-46(33(42)10)24-23-26(3)37(57-46)25-35(47)13-2/h14-16,18-19,22,26-37,39,41-43,47,49,51-52,54H,12-13,17,20-21,23-25H2,1-11H3/b15-14+,18-16+,22-19+/t26-,27-,28+,29+,30-,31-,32-,33-,34-,35+,36-,37-,39+,41+,42+,43-,45+,46-/m0/s1. The molecule has 5 N–H and O–H groups in total. The van der Waals surface area contributed by atoms with E-state index < -0.39 is 89.0 Å². The summed E-state index contributed by atoms with van der Waals surface area (Å²) in [6.45, 7) is 19.4. The smallest absolute Gasteiger partial charge is 0.330 e. The molecule has 0 unspecified atom stereocenters. The summed E-state index contributed by atoms with van der Waals surface area (Å²) in [7, 11) is 0. The molecule has 3 heterocycles. The van der Waals surface area contributed by atoms with Gasteiger partial charge in [-0.15, -0.1) is 0 Å². The fourth-order valence-electron chi connectivity index (χ4n) is 9.11. The average molecular weight is 805 g/mol. The number of ether oxygens (including phenoxy) is 3. The van der Waals surface area contributed by atoms with Gasteiger partial charge < -0.3 is 39.7 Å². The maximum atomic E-state index is 13.6. The Morgan fingerprint density at radius 2 is 1.47 bits per heavy atom. The van der Waals surface area contributed by atoms with Crippen LogP contribution in [-0.4, -0.2) is 97.2 Å². The quantitative estimate of drug-likeness (QED) is 0.202. The molecule has 0 aliphatic carbocycles. The highest BCUT2D eigenvalue weighted by Crippen LogP contribution is 2.49. The van der Waals surface area contributed by atoms with Crippen molar-refractivity contribution in [1.82, 2.24) is 0 Å². The third-order valence-electron chi connectivity index (χ3n) is 13.8. The molecular weight excluding hydrogens is 728 g/mol. The number of carbonyl (C=O) groups excluding carboxylic acids is 3. The van der Waals surface area contributed by atoms with E-state index in [-0.39, 0.29) is 35.9 Å². The summed E-state index contributed by atoms with van der Waals surface area (Å²) in [5.74, 6) is -7.28. The molecule has 18 atom stereocenters. The molecule has 3 rings (SSSR count). The van der Waals surface area contributed by atoms with E-state index in [0.29, 0.717) is 32.1 Å². The van der Waals surface area contributed by atoms with E-state index in [4.69, 9.17) is 14.2 Å². The Balaban J connectivity index is 1.99. The second-order valence-corrected chi connectivity index (χ2v) is 18.2. The summed E-state index contributed by atoms with van der Waals surface area (Å²) >= 11 is 0. The lowest BCUT2D eigenvalue weighted by Gasteiger charge is -2.55. The monoisotopic (exact) mass is 805 g/mol. The van der Waals surface area contributed by atoms with E-state index in [1.807, 2.05) is 39.0 Å². The molecule has 57 heavy (non-hydrogen) atoms. The molecular formula is C46H76O11. The number of hydrogen-bond donors (Lipinski definition) is 5. The number of carbonyl (C=O) groups is 3. The summed E-state index contributed by atoms with van der Waals surface area (Å²) in [6.07, 6.45) is 10.3. The Labute approximate surface area is 342 Å². The first-order chi connectivity index (χ1) is 26.6. The Morgan fingerprint density at radius 1 is 0.825 bits per heavy atom. The van der Waals surface area contributed by atoms with Crippen LogP contribution in [0.1, 0.15) is 128 Å². The van der Waals surface area contributed by atoms with Crippen LogP contribution in [-0.2, 0) is 28.6 Å². The molecule has 1 spiro atoms. The number of fused-ring (bicyclic) bond motifs is 2. The van der Waals surface area contributed by atoms with Crippen LogP contribution < -0.4 is 0 Å². The van der Waals surface area contributed by atoms with Gasteiger partial charge in [-0.05, 0) is 69.6 Å². The molecule has 11 heteroatoms. The maximum Gasteiger partial charge on any atom is 0.330 e. The van der Waals surface area contributed by atoms with E-state index in [2.05, 4.69) is 19.9 Å². The lowest BCUT2D eigenvalue weighted by atomic mass is 9.74. The van der Waals surface area contributed by atoms with Gasteiger partial charge in [0.05, 0.1) is 36.6 Å². The van der Waals surface area contributed by atoms with Crippen LogP contribution in [0.2, 0.25) is 0 Å². The molecule has 0 aromatic heterocycles. The van der Waals surface area contributed by atoms with Crippen LogP contribution in [0.25, 0.3) is 0 Å². The number of rotatable bonds is 4. The fraction of sp³-hybridized carbons (Fsp3) is 0.804. The largest absolute Gasteiger partial charge is 0.458 e. The molecule has 2 fully saturated rings. The van der Waals surface area contributed by atoms with Gasteiger partial charge in [0.1, 0.15) is 17.5 Å². The normalized spacial score (nSPS) is 46.2. The van der Waals surface area contributed by atoms with Gasteiger partial charge >= 0.3 is 5.97 Å². The molecule has 0 saturated carbocycles. The number of esters is 1. The molecule has 2 saturated heterocycles. The van der Waals surface area contributed by atoms with Crippen LogP contribution in [0.5, 0.6) is 0 Å². The SMILES string of the molecule is CC[C@@H](O)C[C@@H]1O[C@]2(CC[C@@H]1C)O[C@H]1CC[C@@H](CC)/C=C/C=C/C[C@@H](C)[C@H](O)[C@@](C)(O)C(=O)[C@@H](C)[C@H](O)[C@@H](C)C(=O)[C@@H](C)[C@H](O)[C@@H](C)/C=C/C(=O)O[C@H]([C@@H]1C)[C@@H]2C. The van der Waals surface area contributed by atoms with E-state index in [0.717, 1.165) is 19.3 Å². The summed E-state index contributed by atoms with van der Waals surface area (Å²) < 4.78 is 20.1. The van der Waals surface area contributed by atoms with Gasteiger partial charge in [-0.3, -0.25) is 9.59 Å². The molecule has 0 aromatic carbocycles. The minimum Gasteiger partial charge on any atom is -0.458 e.